The van der Waals surface area contributed by atoms with Gasteiger partial charge in [0.2, 0.25) is 5.91 Å². The molecule has 26 heavy (non-hydrogen) atoms. The van der Waals surface area contributed by atoms with Gasteiger partial charge in [-0.25, -0.2) is 4.39 Å². The number of hydrogen-bond acceptors (Lipinski definition) is 3. The van der Waals surface area contributed by atoms with E-state index in [2.05, 4.69) is 4.90 Å². The number of amides is 1. The lowest BCUT2D eigenvalue weighted by Crippen LogP contribution is -2.50. The molecule has 2 aromatic rings. The van der Waals surface area contributed by atoms with Gasteiger partial charge in [0.05, 0.1) is 6.54 Å². The number of benzene rings is 2. The van der Waals surface area contributed by atoms with Crippen molar-refractivity contribution in [3.05, 3.63) is 64.9 Å². The normalized spacial score (nSPS) is 15.1. The molecule has 1 aliphatic heterocycles. The lowest BCUT2D eigenvalue weighted by Gasteiger charge is -2.35. The van der Waals surface area contributed by atoms with Crippen LogP contribution in [-0.4, -0.2) is 55.5 Å². The fraction of sp³-hybridized carbons (Fsp3) is 0.350. The molecule has 0 N–H and O–H groups in total. The third-order valence-corrected chi connectivity index (χ3v) is 5.09. The molecule has 2 aromatic carbocycles. The zero-order valence-corrected chi connectivity index (χ0v) is 15.6. The van der Waals surface area contributed by atoms with Crippen LogP contribution in [0.15, 0.2) is 48.5 Å². The first-order chi connectivity index (χ1) is 12.5. The SMILES string of the molecule is CN(CC(=O)N1CCN(Cc2c(F)cccc2Cl)CC1)c1ccccc1. The summed E-state index contributed by atoms with van der Waals surface area (Å²) in [4.78, 5) is 18.5. The number of rotatable bonds is 5. The fourth-order valence-electron chi connectivity index (χ4n) is 3.14. The van der Waals surface area contributed by atoms with Gasteiger partial charge >= 0.3 is 0 Å². The summed E-state index contributed by atoms with van der Waals surface area (Å²) in [6.07, 6.45) is 0. The zero-order chi connectivity index (χ0) is 18.5. The maximum absolute atomic E-state index is 13.9. The topological polar surface area (TPSA) is 26.8 Å². The average Bonchev–Trinajstić information content (AvgIpc) is 2.66. The predicted octanol–water partition coefficient (Wildman–Crippen LogP) is 3.26. The van der Waals surface area contributed by atoms with Crippen LogP contribution in [0.4, 0.5) is 10.1 Å². The van der Waals surface area contributed by atoms with Crippen LogP contribution in [0.3, 0.4) is 0 Å². The predicted molar refractivity (Wildman–Crippen MR) is 103 cm³/mol. The number of halogens is 2. The van der Waals surface area contributed by atoms with Gasteiger partial charge in [-0.1, -0.05) is 35.9 Å². The number of piperazine rings is 1. The van der Waals surface area contributed by atoms with Gasteiger partial charge in [0.1, 0.15) is 5.82 Å². The Labute approximate surface area is 158 Å². The summed E-state index contributed by atoms with van der Waals surface area (Å²) in [5.41, 5.74) is 1.55. The number of para-hydroxylation sites is 1. The summed E-state index contributed by atoms with van der Waals surface area (Å²) in [6.45, 7) is 3.54. The largest absolute Gasteiger partial charge is 0.365 e. The molecule has 0 unspecified atom stereocenters. The van der Waals surface area contributed by atoms with Gasteiger partial charge < -0.3 is 9.80 Å². The lowest BCUT2D eigenvalue weighted by molar-refractivity contribution is -0.131. The van der Waals surface area contributed by atoms with Gasteiger partial charge in [-0.15, -0.1) is 0 Å². The van der Waals surface area contributed by atoms with Crippen LogP contribution in [-0.2, 0) is 11.3 Å². The van der Waals surface area contributed by atoms with E-state index >= 15 is 0 Å². The number of nitrogens with zero attached hydrogens (tertiary/aromatic N) is 3. The van der Waals surface area contributed by atoms with E-state index in [0.717, 1.165) is 5.69 Å². The second-order valence-electron chi connectivity index (χ2n) is 6.55. The molecule has 0 aliphatic carbocycles. The van der Waals surface area contributed by atoms with Crippen LogP contribution in [0.5, 0.6) is 0 Å². The van der Waals surface area contributed by atoms with Crippen LogP contribution in [0.25, 0.3) is 0 Å². The molecule has 3 rings (SSSR count). The van der Waals surface area contributed by atoms with Gasteiger partial charge in [-0.2, -0.15) is 0 Å². The zero-order valence-electron chi connectivity index (χ0n) is 14.9. The molecular formula is C20H23ClFN3O. The van der Waals surface area contributed by atoms with E-state index in [9.17, 15) is 9.18 Å². The molecule has 0 bridgehead atoms. The molecule has 6 heteroatoms. The first kappa shape index (κ1) is 18.7. The van der Waals surface area contributed by atoms with Crippen LogP contribution in [0.2, 0.25) is 5.02 Å². The number of likely N-dealkylation sites (N-methyl/N-ethyl adjacent to an activating group) is 1. The molecule has 0 radical (unpaired) electrons. The average molecular weight is 376 g/mol. The minimum atomic E-state index is -0.277. The Kier molecular flexibility index (Phi) is 6.12. The monoisotopic (exact) mass is 375 g/mol. The van der Waals surface area contributed by atoms with Crippen molar-refractivity contribution in [3.8, 4) is 0 Å². The standard InChI is InChI=1S/C20H23ClFN3O/c1-23(16-6-3-2-4-7-16)15-20(26)25-12-10-24(11-13-25)14-17-18(21)8-5-9-19(17)22/h2-9H,10-15H2,1H3. The van der Waals surface area contributed by atoms with Gasteiger partial charge in [-0.05, 0) is 24.3 Å². The maximum Gasteiger partial charge on any atom is 0.242 e. The van der Waals surface area contributed by atoms with Crippen molar-refractivity contribution in [1.29, 1.82) is 0 Å². The molecule has 1 amide bonds. The molecule has 4 nitrogen and oxygen atoms in total. The Bertz CT molecular complexity index is 728. The second kappa shape index (κ2) is 8.52. The molecule has 1 heterocycles. The Hall–Kier alpha value is -2.11. The van der Waals surface area contributed by atoms with E-state index in [4.69, 9.17) is 11.6 Å². The summed E-state index contributed by atoms with van der Waals surface area (Å²) in [5, 5.41) is 0.452. The number of hydrogen-bond donors (Lipinski definition) is 0. The number of anilines is 1. The quantitative estimate of drug-likeness (QED) is 0.802. The van der Waals surface area contributed by atoms with Crippen molar-refractivity contribution in [1.82, 2.24) is 9.80 Å². The summed E-state index contributed by atoms with van der Waals surface area (Å²) in [5.74, 6) is -0.166. The van der Waals surface area contributed by atoms with E-state index < -0.39 is 0 Å². The van der Waals surface area contributed by atoms with E-state index in [0.29, 0.717) is 49.9 Å². The Morgan fingerprint density at radius 1 is 1.08 bits per heavy atom. The Morgan fingerprint density at radius 3 is 2.42 bits per heavy atom. The summed E-state index contributed by atoms with van der Waals surface area (Å²) < 4.78 is 13.9. The van der Waals surface area contributed by atoms with Crippen molar-refractivity contribution in [3.63, 3.8) is 0 Å². The third-order valence-electron chi connectivity index (χ3n) is 4.74. The summed E-state index contributed by atoms with van der Waals surface area (Å²) in [6, 6.07) is 14.6. The van der Waals surface area contributed by atoms with Gasteiger partial charge in [0.15, 0.2) is 0 Å². The smallest absolute Gasteiger partial charge is 0.242 e. The molecule has 0 spiro atoms. The molecule has 0 aromatic heterocycles. The van der Waals surface area contributed by atoms with Crippen LogP contribution in [0, 0.1) is 5.82 Å². The van der Waals surface area contributed by atoms with Crippen molar-refractivity contribution < 1.29 is 9.18 Å². The molecular weight excluding hydrogens is 353 g/mol. The molecule has 0 atom stereocenters. The minimum Gasteiger partial charge on any atom is -0.365 e. The number of carbonyl (C=O) groups excluding carboxylic acids is 1. The van der Waals surface area contributed by atoms with Crippen molar-refractivity contribution in [2.75, 3.05) is 44.7 Å². The molecule has 1 saturated heterocycles. The van der Waals surface area contributed by atoms with Gasteiger partial charge in [0.25, 0.3) is 0 Å². The van der Waals surface area contributed by atoms with E-state index in [1.54, 1.807) is 12.1 Å². The third kappa shape index (κ3) is 4.54. The van der Waals surface area contributed by atoms with E-state index in [1.165, 1.54) is 6.07 Å². The molecule has 0 saturated carbocycles. The van der Waals surface area contributed by atoms with E-state index in [1.807, 2.05) is 47.2 Å². The van der Waals surface area contributed by atoms with Crippen LogP contribution >= 0.6 is 11.6 Å². The highest BCUT2D eigenvalue weighted by Crippen LogP contribution is 2.21. The summed E-state index contributed by atoms with van der Waals surface area (Å²) in [7, 11) is 1.92. The van der Waals surface area contributed by atoms with Crippen molar-refractivity contribution in [2.24, 2.45) is 0 Å². The van der Waals surface area contributed by atoms with Crippen molar-refractivity contribution in [2.45, 2.75) is 6.54 Å². The highest BCUT2D eigenvalue weighted by atomic mass is 35.5. The second-order valence-corrected chi connectivity index (χ2v) is 6.96. The van der Waals surface area contributed by atoms with Crippen LogP contribution < -0.4 is 4.90 Å². The number of carbonyl (C=O) groups is 1. The molecule has 1 fully saturated rings. The summed E-state index contributed by atoms with van der Waals surface area (Å²) >= 11 is 6.11. The first-order valence-corrected chi connectivity index (χ1v) is 9.11. The lowest BCUT2D eigenvalue weighted by atomic mass is 10.2. The van der Waals surface area contributed by atoms with Crippen molar-refractivity contribution >= 4 is 23.2 Å². The van der Waals surface area contributed by atoms with Gasteiger partial charge in [-0.3, -0.25) is 9.69 Å². The highest BCUT2D eigenvalue weighted by molar-refractivity contribution is 6.31. The Morgan fingerprint density at radius 2 is 1.77 bits per heavy atom. The van der Waals surface area contributed by atoms with Crippen LogP contribution in [0.1, 0.15) is 5.56 Å². The van der Waals surface area contributed by atoms with Gasteiger partial charge in [0, 0.05) is 56.0 Å². The fourth-order valence-corrected chi connectivity index (χ4v) is 3.36. The minimum absolute atomic E-state index is 0.111. The first-order valence-electron chi connectivity index (χ1n) is 8.74. The molecule has 138 valence electrons. The molecule has 1 aliphatic rings. The Balaban J connectivity index is 1.51. The maximum atomic E-state index is 13.9. The van der Waals surface area contributed by atoms with E-state index in [-0.39, 0.29) is 11.7 Å². The highest BCUT2D eigenvalue weighted by Gasteiger charge is 2.23.